The van der Waals surface area contributed by atoms with E-state index in [0.29, 0.717) is 17.6 Å². The summed E-state index contributed by atoms with van der Waals surface area (Å²) in [6, 6.07) is 69.0. The van der Waals surface area contributed by atoms with Crippen molar-refractivity contribution < 1.29 is 0 Å². The highest BCUT2D eigenvalue weighted by Gasteiger charge is 2.23. The van der Waals surface area contributed by atoms with Crippen molar-refractivity contribution in [1.82, 2.24) is 34.1 Å². The molecule has 60 heavy (non-hydrogen) atoms. The van der Waals surface area contributed by atoms with Crippen LogP contribution in [0.15, 0.2) is 200 Å². The topological polar surface area (TPSA) is 74.3 Å². The van der Waals surface area contributed by atoms with E-state index in [9.17, 15) is 0 Å². The molecular weight excluding hydrogens is 735 g/mol. The van der Waals surface area contributed by atoms with Gasteiger partial charge in [0.25, 0.3) is 0 Å². The molecule has 0 spiro atoms. The van der Waals surface area contributed by atoms with Gasteiger partial charge in [0.1, 0.15) is 11.6 Å². The van der Waals surface area contributed by atoms with E-state index in [1.807, 2.05) is 84.9 Å². The van der Waals surface area contributed by atoms with Crippen molar-refractivity contribution >= 4 is 54.4 Å². The molecule has 4 heterocycles. The van der Waals surface area contributed by atoms with E-state index in [2.05, 4.69) is 124 Å². The van der Waals surface area contributed by atoms with Crippen molar-refractivity contribution in [3.8, 4) is 57.2 Å². The Morgan fingerprint density at radius 3 is 1.72 bits per heavy atom. The maximum absolute atomic E-state index is 5.46. The van der Waals surface area contributed by atoms with E-state index < -0.39 is 0 Å². The zero-order chi connectivity index (χ0) is 39.6. The molecule has 0 amide bonds. The van der Waals surface area contributed by atoms with Gasteiger partial charge >= 0.3 is 0 Å². The Hall–Kier alpha value is -8.29. The number of nitrogens with zero attached hydrogens (tertiary/aromatic N) is 7. The highest BCUT2D eigenvalue weighted by atomic mass is 15.2. The lowest BCUT2D eigenvalue weighted by Crippen LogP contribution is -2.06. The second-order valence-electron chi connectivity index (χ2n) is 14.9. The van der Waals surface area contributed by atoms with Gasteiger partial charge in [-0.1, -0.05) is 164 Å². The standard InChI is InChI=1S/C53H33N7/c1-4-18-35(19-5-1)50-56-51(36-20-6-2-7-21-36)58-53(57-50)60-46-32-31-34-17-10-11-24-38(34)48(46)42-33-41(39-25-12-13-26-40(39)49(42)60)43-28-16-30-47(54-43)59-45-29-15-14-27-44(45)55-52(59)37-22-8-3-9-23-37/h1-33H. The molecule has 7 heteroatoms. The smallest absolute Gasteiger partial charge is 0.238 e. The zero-order valence-corrected chi connectivity index (χ0v) is 32.2. The van der Waals surface area contributed by atoms with Crippen LogP contribution in [0.2, 0.25) is 0 Å². The molecule has 0 aliphatic carbocycles. The molecule has 0 unspecified atom stereocenters. The van der Waals surface area contributed by atoms with Crippen LogP contribution < -0.4 is 0 Å². The summed E-state index contributed by atoms with van der Waals surface area (Å²) in [5, 5.41) is 6.66. The van der Waals surface area contributed by atoms with Crippen molar-refractivity contribution in [2.24, 2.45) is 0 Å². The third kappa shape index (κ3) is 5.41. The second kappa shape index (κ2) is 13.7. The summed E-state index contributed by atoms with van der Waals surface area (Å²) in [6.45, 7) is 0. The van der Waals surface area contributed by atoms with Gasteiger partial charge in [-0.2, -0.15) is 9.97 Å². The molecular formula is C53H33N7. The zero-order valence-electron chi connectivity index (χ0n) is 32.2. The second-order valence-corrected chi connectivity index (χ2v) is 14.9. The molecule has 0 radical (unpaired) electrons. The highest BCUT2D eigenvalue weighted by molar-refractivity contribution is 6.27. The molecule has 0 saturated carbocycles. The van der Waals surface area contributed by atoms with Crippen LogP contribution in [0.3, 0.4) is 0 Å². The van der Waals surface area contributed by atoms with Gasteiger partial charge in [-0.15, -0.1) is 0 Å². The van der Waals surface area contributed by atoms with Gasteiger partial charge in [-0.05, 0) is 52.6 Å². The molecule has 0 atom stereocenters. The number of imidazole rings is 1. The minimum Gasteiger partial charge on any atom is -0.277 e. The monoisotopic (exact) mass is 767 g/mol. The molecule has 0 fully saturated rings. The number of rotatable bonds is 6. The predicted molar refractivity (Wildman–Crippen MR) is 243 cm³/mol. The summed E-state index contributed by atoms with van der Waals surface area (Å²) in [5.74, 6) is 3.41. The highest BCUT2D eigenvalue weighted by Crippen LogP contribution is 2.43. The largest absolute Gasteiger partial charge is 0.277 e. The lowest BCUT2D eigenvalue weighted by atomic mass is 9.96. The van der Waals surface area contributed by atoms with Crippen LogP contribution in [0.25, 0.3) is 112 Å². The predicted octanol–water partition coefficient (Wildman–Crippen LogP) is 12.7. The summed E-state index contributed by atoms with van der Waals surface area (Å²) in [7, 11) is 0. The van der Waals surface area contributed by atoms with E-state index >= 15 is 0 Å². The molecule has 0 N–H and O–H groups in total. The number of hydrogen-bond donors (Lipinski definition) is 0. The van der Waals surface area contributed by atoms with Gasteiger partial charge in [0.05, 0.1) is 27.8 Å². The molecule has 12 aromatic rings. The van der Waals surface area contributed by atoms with Crippen LogP contribution in [0, 0.1) is 0 Å². The van der Waals surface area contributed by atoms with Crippen molar-refractivity contribution in [2.75, 3.05) is 0 Å². The lowest BCUT2D eigenvalue weighted by Gasteiger charge is -2.14. The Morgan fingerprint density at radius 2 is 0.983 bits per heavy atom. The molecule has 280 valence electrons. The van der Waals surface area contributed by atoms with Gasteiger partial charge in [0, 0.05) is 38.4 Å². The Bertz CT molecular complexity index is 3540. The van der Waals surface area contributed by atoms with E-state index in [1.165, 1.54) is 0 Å². The fourth-order valence-electron chi connectivity index (χ4n) is 8.70. The number of pyridine rings is 1. The minimum absolute atomic E-state index is 0.552. The Kier molecular flexibility index (Phi) is 7.71. The van der Waals surface area contributed by atoms with Crippen LogP contribution in [0.4, 0.5) is 0 Å². The van der Waals surface area contributed by atoms with Crippen molar-refractivity contribution in [3.63, 3.8) is 0 Å². The number of aromatic nitrogens is 7. The van der Waals surface area contributed by atoms with E-state index in [4.69, 9.17) is 24.9 Å². The minimum atomic E-state index is 0.552. The normalized spacial score (nSPS) is 11.7. The Labute approximate surface area is 344 Å². The van der Waals surface area contributed by atoms with E-state index in [-0.39, 0.29) is 0 Å². The first-order chi connectivity index (χ1) is 29.8. The number of fused-ring (bicyclic) bond motifs is 8. The van der Waals surface area contributed by atoms with Crippen LogP contribution >= 0.6 is 0 Å². The quantitative estimate of drug-likeness (QED) is 0.168. The van der Waals surface area contributed by atoms with Gasteiger partial charge in [0.15, 0.2) is 11.6 Å². The molecule has 12 rings (SSSR count). The summed E-state index contributed by atoms with van der Waals surface area (Å²) >= 11 is 0. The molecule has 0 saturated heterocycles. The third-order valence-electron chi connectivity index (χ3n) is 11.4. The third-order valence-corrected chi connectivity index (χ3v) is 11.4. The number of hydrogen-bond acceptors (Lipinski definition) is 5. The molecule has 0 aliphatic heterocycles. The summed E-state index contributed by atoms with van der Waals surface area (Å²) in [4.78, 5) is 26.1. The maximum Gasteiger partial charge on any atom is 0.238 e. The molecule has 4 aromatic heterocycles. The number of benzene rings is 8. The first-order valence-electron chi connectivity index (χ1n) is 20.0. The summed E-state index contributed by atoms with van der Waals surface area (Å²) in [6.07, 6.45) is 0. The maximum atomic E-state index is 5.46. The van der Waals surface area contributed by atoms with Crippen LogP contribution in [-0.2, 0) is 0 Å². The fourth-order valence-corrected chi connectivity index (χ4v) is 8.70. The van der Waals surface area contributed by atoms with Gasteiger partial charge in [-0.3, -0.25) is 9.13 Å². The van der Waals surface area contributed by atoms with Crippen molar-refractivity contribution in [1.29, 1.82) is 0 Å². The summed E-state index contributed by atoms with van der Waals surface area (Å²) < 4.78 is 4.40. The van der Waals surface area contributed by atoms with Gasteiger partial charge in [0.2, 0.25) is 5.95 Å². The van der Waals surface area contributed by atoms with Gasteiger partial charge < -0.3 is 0 Å². The van der Waals surface area contributed by atoms with E-state index in [1.54, 1.807) is 0 Å². The molecule has 0 aliphatic rings. The SMILES string of the molecule is c1ccc(-c2nc(-c3ccccc3)nc(-n3c4ccc5ccccc5c4c4cc(-c5cccc(-n6c(-c7ccccc7)nc7ccccc76)n5)c5ccccc5c43)n2)cc1. The fraction of sp³-hybridized carbons (Fsp3) is 0. The van der Waals surface area contributed by atoms with E-state index in [0.717, 1.165) is 94.0 Å². The van der Waals surface area contributed by atoms with Crippen LogP contribution in [-0.4, -0.2) is 34.1 Å². The first kappa shape index (κ1) is 33.8. The van der Waals surface area contributed by atoms with Crippen molar-refractivity contribution in [2.45, 2.75) is 0 Å². The molecule has 7 nitrogen and oxygen atoms in total. The molecule has 8 aromatic carbocycles. The first-order valence-corrected chi connectivity index (χ1v) is 20.0. The van der Waals surface area contributed by atoms with Crippen molar-refractivity contribution in [3.05, 3.63) is 200 Å². The molecule has 0 bridgehead atoms. The van der Waals surface area contributed by atoms with Gasteiger partial charge in [-0.25, -0.2) is 15.0 Å². The average molecular weight is 768 g/mol. The lowest BCUT2D eigenvalue weighted by molar-refractivity contribution is 0.955. The number of para-hydroxylation sites is 2. The average Bonchev–Trinajstić information content (AvgIpc) is 3.89. The van der Waals surface area contributed by atoms with Crippen LogP contribution in [0.5, 0.6) is 0 Å². The Balaban J connectivity index is 1.16. The Morgan fingerprint density at radius 1 is 0.367 bits per heavy atom. The van der Waals surface area contributed by atoms with Crippen LogP contribution in [0.1, 0.15) is 0 Å². The summed E-state index contributed by atoms with van der Waals surface area (Å²) in [5.41, 5.74) is 8.70.